The summed E-state index contributed by atoms with van der Waals surface area (Å²) in [6.07, 6.45) is 2.08. The topological polar surface area (TPSA) is 71.5 Å². The minimum atomic E-state index is -1.43. The average molecular weight is 397 g/mol. The van der Waals surface area contributed by atoms with E-state index in [1.54, 1.807) is 6.20 Å². The molecule has 1 atom stereocenters. The van der Waals surface area contributed by atoms with Crippen LogP contribution < -0.4 is 10.1 Å². The van der Waals surface area contributed by atoms with E-state index in [2.05, 4.69) is 10.3 Å². The number of aliphatic hydroxyl groups is 1. The molecule has 2 heterocycles. The lowest BCUT2D eigenvalue weighted by molar-refractivity contribution is -0.117. The zero-order valence-electron chi connectivity index (χ0n) is 18.7. The first-order chi connectivity index (χ1) is 13.3. The summed E-state index contributed by atoms with van der Waals surface area (Å²) in [5.74, 6) is 0.634. The number of anilines is 1. The minimum Gasteiger partial charge on any atom is -0.483 e. The van der Waals surface area contributed by atoms with Gasteiger partial charge in [-0.3, -0.25) is 9.78 Å². The van der Waals surface area contributed by atoms with Crippen molar-refractivity contribution in [1.82, 2.24) is 4.98 Å². The third-order valence-corrected chi connectivity index (χ3v) is 5.84. The maximum Gasteiger partial charge on any atom is 0.224 e. The second kappa shape index (κ2) is 6.84. The van der Waals surface area contributed by atoms with Gasteiger partial charge >= 0.3 is 0 Å². The molecule has 1 aromatic carbocycles. The van der Waals surface area contributed by atoms with Gasteiger partial charge < -0.3 is 15.2 Å². The molecule has 2 N–H and O–H groups in total. The van der Waals surface area contributed by atoms with E-state index < -0.39 is 11.2 Å². The van der Waals surface area contributed by atoms with Gasteiger partial charge in [-0.1, -0.05) is 26.8 Å². The van der Waals surface area contributed by atoms with Gasteiger partial charge in [0.15, 0.2) is 5.60 Å². The van der Waals surface area contributed by atoms with Gasteiger partial charge in [0.25, 0.3) is 0 Å². The number of rotatable bonds is 3. The van der Waals surface area contributed by atoms with Gasteiger partial charge in [0.2, 0.25) is 5.91 Å². The molecule has 0 saturated carbocycles. The molecule has 0 saturated heterocycles. The van der Waals surface area contributed by atoms with Crippen molar-refractivity contribution in [3.8, 4) is 5.75 Å². The molecule has 1 amide bonds. The lowest BCUT2D eigenvalue weighted by atomic mass is 9.76. The van der Waals surface area contributed by atoms with Gasteiger partial charge in [-0.25, -0.2) is 0 Å². The Kier molecular flexibility index (Phi) is 5.02. The highest BCUT2D eigenvalue weighted by Crippen LogP contribution is 2.55. The predicted molar refractivity (Wildman–Crippen MR) is 115 cm³/mol. The molecular weight excluding hydrogens is 364 g/mol. The van der Waals surface area contributed by atoms with Gasteiger partial charge in [0.1, 0.15) is 11.4 Å². The van der Waals surface area contributed by atoms with E-state index in [0.717, 1.165) is 22.4 Å². The highest BCUT2D eigenvalue weighted by atomic mass is 16.5. The Morgan fingerprint density at radius 2 is 1.79 bits per heavy atom. The molecule has 1 unspecified atom stereocenters. The van der Waals surface area contributed by atoms with Crippen molar-refractivity contribution < 1.29 is 14.6 Å². The van der Waals surface area contributed by atoms with E-state index in [9.17, 15) is 9.90 Å². The molecule has 2 aromatic rings. The van der Waals surface area contributed by atoms with Gasteiger partial charge in [-0.05, 0) is 68.9 Å². The molecule has 156 valence electrons. The molecule has 5 heteroatoms. The predicted octanol–water partition coefficient (Wildman–Crippen LogP) is 4.79. The highest BCUT2D eigenvalue weighted by Gasteiger charge is 2.57. The number of nitrogens with zero attached hydrogens (tertiary/aromatic N) is 1. The van der Waals surface area contributed by atoms with Gasteiger partial charge in [0, 0.05) is 23.9 Å². The Bertz CT molecular complexity index is 959. The first-order valence-electron chi connectivity index (χ1n) is 10.1. The van der Waals surface area contributed by atoms with E-state index >= 15 is 0 Å². The number of amides is 1. The molecule has 0 fully saturated rings. The molecular formula is C24H32N2O3. The number of benzene rings is 1. The van der Waals surface area contributed by atoms with E-state index in [4.69, 9.17) is 4.74 Å². The molecule has 0 aliphatic carbocycles. The van der Waals surface area contributed by atoms with E-state index in [-0.39, 0.29) is 11.3 Å². The molecule has 1 aliphatic heterocycles. The molecule has 5 nitrogen and oxygen atoms in total. The largest absolute Gasteiger partial charge is 0.483 e. The summed E-state index contributed by atoms with van der Waals surface area (Å²) in [5.41, 5.74) is 2.15. The van der Waals surface area contributed by atoms with Crippen molar-refractivity contribution in [2.45, 2.75) is 73.0 Å². The number of hydrogen-bond donors (Lipinski definition) is 2. The van der Waals surface area contributed by atoms with Crippen LogP contribution in [0, 0.1) is 26.2 Å². The SMILES string of the molecule is Cc1c(C)c2c(c(C)c1NC(=O)CC(C)(C)C)C(O)(c1ccccn1)C(C)(C)O2. The number of hydrogen-bond acceptors (Lipinski definition) is 4. The van der Waals surface area contributed by atoms with Gasteiger partial charge in [-0.15, -0.1) is 0 Å². The van der Waals surface area contributed by atoms with Crippen molar-refractivity contribution in [1.29, 1.82) is 0 Å². The van der Waals surface area contributed by atoms with Crippen LogP contribution in [0.15, 0.2) is 24.4 Å². The third-order valence-electron chi connectivity index (χ3n) is 5.84. The zero-order valence-corrected chi connectivity index (χ0v) is 18.7. The summed E-state index contributed by atoms with van der Waals surface area (Å²) < 4.78 is 6.29. The van der Waals surface area contributed by atoms with E-state index in [1.165, 1.54) is 0 Å². The van der Waals surface area contributed by atoms with Crippen LogP contribution in [-0.2, 0) is 10.4 Å². The summed E-state index contributed by atoms with van der Waals surface area (Å²) >= 11 is 0. The van der Waals surface area contributed by atoms with Gasteiger partial charge in [-0.2, -0.15) is 0 Å². The van der Waals surface area contributed by atoms with Crippen molar-refractivity contribution in [2.75, 3.05) is 5.32 Å². The Morgan fingerprint density at radius 1 is 1.14 bits per heavy atom. The van der Waals surface area contributed by atoms with Gasteiger partial charge in [0.05, 0.1) is 5.69 Å². The number of nitrogens with one attached hydrogen (secondary N) is 1. The molecule has 1 aliphatic rings. The van der Waals surface area contributed by atoms with E-state index in [1.807, 2.05) is 73.6 Å². The average Bonchev–Trinajstić information content (AvgIpc) is 2.83. The van der Waals surface area contributed by atoms with Crippen LogP contribution in [0.2, 0.25) is 0 Å². The molecule has 0 radical (unpaired) electrons. The van der Waals surface area contributed by atoms with Crippen molar-refractivity contribution in [3.63, 3.8) is 0 Å². The first-order valence-corrected chi connectivity index (χ1v) is 10.1. The van der Waals surface area contributed by atoms with Crippen LogP contribution in [0.4, 0.5) is 5.69 Å². The van der Waals surface area contributed by atoms with Crippen molar-refractivity contribution in [3.05, 3.63) is 52.3 Å². The van der Waals surface area contributed by atoms with Crippen LogP contribution in [0.3, 0.4) is 0 Å². The van der Waals surface area contributed by atoms with Crippen LogP contribution in [-0.4, -0.2) is 21.6 Å². The summed E-state index contributed by atoms with van der Waals surface area (Å²) in [4.78, 5) is 17.1. The molecule has 1 aromatic heterocycles. The fourth-order valence-electron chi connectivity index (χ4n) is 4.18. The maximum absolute atomic E-state index is 12.7. The Balaban J connectivity index is 2.21. The third kappa shape index (κ3) is 3.42. The Morgan fingerprint density at radius 3 is 2.34 bits per heavy atom. The summed E-state index contributed by atoms with van der Waals surface area (Å²) in [6.45, 7) is 15.7. The minimum absolute atomic E-state index is 0.0393. The Labute approximate surface area is 173 Å². The monoisotopic (exact) mass is 396 g/mol. The molecule has 0 bridgehead atoms. The van der Waals surface area contributed by atoms with Crippen LogP contribution in [0.1, 0.15) is 69.0 Å². The van der Waals surface area contributed by atoms with Crippen LogP contribution in [0.5, 0.6) is 5.75 Å². The summed E-state index contributed by atoms with van der Waals surface area (Å²) in [7, 11) is 0. The first kappa shape index (κ1) is 21.3. The smallest absolute Gasteiger partial charge is 0.224 e. The fourth-order valence-corrected chi connectivity index (χ4v) is 4.18. The van der Waals surface area contributed by atoms with Crippen molar-refractivity contribution >= 4 is 11.6 Å². The Hall–Kier alpha value is -2.40. The van der Waals surface area contributed by atoms with Crippen LogP contribution >= 0.6 is 0 Å². The molecule has 29 heavy (non-hydrogen) atoms. The lowest BCUT2D eigenvalue weighted by Gasteiger charge is -2.35. The maximum atomic E-state index is 12.7. The lowest BCUT2D eigenvalue weighted by Crippen LogP contribution is -2.48. The summed E-state index contributed by atoms with van der Waals surface area (Å²) in [6, 6.07) is 5.49. The fraction of sp³-hybridized carbons (Fsp3) is 0.500. The standard InChI is InChI=1S/C24H32N2O3/c1-14-15(2)21-19(16(3)20(14)26-18(27)13-22(4,5)6)24(28,23(7,8)29-21)17-11-9-10-12-25-17/h9-12,28H,13H2,1-8H3,(H,26,27). The van der Waals surface area contributed by atoms with Crippen molar-refractivity contribution in [2.24, 2.45) is 5.41 Å². The number of carbonyl (C=O) groups excluding carboxylic acids is 1. The van der Waals surface area contributed by atoms with E-state index in [0.29, 0.717) is 23.4 Å². The summed E-state index contributed by atoms with van der Waals surface area (Å²) in [5, 5.41) is 15.1. The molecule has 3 rings (SSSR count). The number of fused-ring (bicyclic) bond motifs is 1. The second-order valence-electron chi connectivity index (χ2n) is 9.78. The highest BCUT2D eigenvalue weighted by molar-refractivity contribution is 5.94. The number of ether oxygens (including phenoxy) is 1. The van der Waals surface area contributed by atoms with Crippen LogP contribution in [0.25, 0.3) is 0 Å². The number of carbonyl (C=O) groups is 1. The quantitative estimate of drug-likeness (QED) is 0.783. The number of aromatic nitrogens is 1. The normalized spacial score (nSPS) is 20.2. The second-order valence-corrected chi connectivity index (χ2v) is 9.78. The molecule has 0 spiro atoms. The zero-order chi connectivity index (χ0) is 21.8. The number of pyridine rings is 1.